The molecule has 0 amide bonds. The Morgan fingerprint density at radius 2 is 1.55 bits per heavy atom. The molecule has 2 aromatic rings. The van der Waals surface area contributed by atoms with Crippen molar-refractivity contribution < 1.29 is 18.3 Å². The molecule has 2 aromatic carbocycles. The lowest BCUT2D eigenvalue weighted by Gasteiger charge is -2.24. The maximum absolute atomic E-state index is 14.2. The lowest BCUT2D eigenvalue weighted by molar-refractivity contribution is -0.184. The van der Waals surface area contributed by atoms with E-state index in [2.05, 4.69) is 0 Å². The standard InChI is InChI=1S/C16H14F2O2/c17-14-12(11-5-2-1-3-6-11)7-8-13(15(14)18)16-19-9-4-10-20-16/h1-3,5-8,16H,4,9-10H2. The van der Waals surface area contributed by atoms with E-state index in [1.165, 1.54) is 6.07 Å². The van der Waals surface area contributed by atoms with Gasteiger partial charge in [0.1, 0.15) is 0 Å². The van der Waals surface area contributed by atoms with E-state index in [0.717, 1.165) is 6.42 Å². The van der Waals surface area contributed by atoms with Gasteiger partial charge in [-0.15, -0.1) is 0 Å². The third-order valence-corrected chi connectivity index (χ3v) is 3.28. The fourth-order valence-corrected chi connectivity index (χ4v) is 2.25. The van der Waals surface area contributed by atoms with Gasteiger partial charge in [-0.25, -0.2) is 8.78 Å². The van der Waals surface area contributed by atoms with E-state index in [1.807, 2.05) is 6.07 Å². The van der Waals surface area contributed by atoms with Crippen LogP contribution < -0.4 is 0 Å². The summed E-state index contributed by atoms with van der Waals surface area (Å²) >= 11 is 0. The summed E-state index contributed by atoms with van der Waals surface area (Å²) in [5.41, 5.74) is 0.991. The van der Waals surface area contributed by atoms with Gasteiger partial charge in [0.15, 0.2) is 17.9 Å². The Morgan fingerprint density at radius 3 is 2.25 bits per heavy atom. The molecule has 0 spiro atoms. The number of hydrogen-bond donors (Lipinski definition) is 0. The molecular weight excluding hydrogens is 262 g/mol. The summed E-state index contributed by atoms with van der Waals surface area (Å²) in [6, 6.07) is 12.0. The van der Waals surface area contributed by atoms with Gasteiger partial charge in [-0.1, -0.05) is 42.5 Å². The van der Waals surface area contributed by atoms with Gasteiger partial charge in [0.2, 0.25) is 0 Å². The molecule has 1 fully saturated rings. The molecule has 20 heavy (non-hydrogen) atoms. The molecule has 1 aliphatic rings. The third kappa shape index (κ3) is 2.44. The number of ether oxygens (including phenoxy) is 2. The van der Waals surface area contributed by atoms with E-state index in [0.29, 0.717) is 18.8 Å². The molecule has 0 radical (unpaired) electrons. The summed E-state index contributed by atoms with van der Waals surface area (Å²) < 4.78 is 39.0. The van der Waals surface area contributed by atoms with Crippen molar-refractivity contribution in [3.05, 3.63) is 59.7 Å². The zero-order valence-electron chi connectivity index (χ0n) is 10.8. The number of halogens is 2. The molecule has 0 aliphatic carbocycles. The van der Waals surface area contributed by atoms with Crippen molar-refractivity contribution in [1.82, 2.24) is 0 Å². The van der Waals surface area contributed by atoms with E-state index < -0.39 is 17.9 Å². The Kier molecular flexibility index (Phi) is 3.76. The van der Waals surface area contributed by atoms with Gasteiger partial charge in [0, 0.05) is 11.1 Å². The van der Waals surface area contributed by atoms with E-state index in [4.69, 9.17) is 9.47 Å². The molecule has 0 N–H and O–H groups in total. The molecule has 0 aromatic heterocycles. The van der Waals surface area contributed by atoms with E-state index in [9.17, 15) is 8.78 Å². The highest BCUT2D eigenvalue weighted by molar-refractivity contribution is 5.64. The molecular formula is C16H14F2O2. The summed E-state index contributed by atoms with van der Waals surface area (Å²) in [6.07, 6.45) is -0.0500. The summed E-state index contributed by atoms with van der Waals surface area (Å²) in [7, 11) is 0. The van der Waals surface area contributed by atoms with Crippen molar-refractivity contribution in [2.24, 2.45) is 0 Å². The van der Waals surface area contributed by atoms with E-state index in [1.54, 1.807) is 30.3 Å². The highest BCUT2D eigenvalue weighted by Gasteiger charge is 2.24. The second-order valence-corrected chi connectivity index (χ2v) is 4.62. The van der Waals surface area contributed by atoms with Crippen LogP contribution in [0.2, 0.25) is 0 Å². The van der Waals surface area contributed by atoms with Gasteiger partial charge in [-0.2, -0.15) is 0 Å². The highest BCUT2D eigenvalue weighted by atomic mass is 19.2. The second kappa shape index (κ2) is 5.69. The minimum atomic E-state index is -0.904. The number of rotatable bonds is 2. The van der Waals surface area contributed by atoms with E-state index >= 15 is 0 Å². The van der Waals surface area contributed by atoms with Gasteiger partial charge in [-0.05, 0) is 12.0 Å². The molecule has 0 bridgehead atoms. The first kappa shape index (κ1) is 13.2. The number of benzene rings is 2. The summed E-state index contributed by atoms with van der Waals surface area (Å²) in [5, 5.41) is 0. The summed E-state index contributed by atoms with van der Waals surface area (Å²) in [5.74, 6) is -1.77. The molecule has 0 atom stereocenters. The van der Waals surface area contributed by atoms with Crippen LogP contribution in [0.1, 0.15) is 18.3 Å². The monoisotopic (exact) mass is 276 g/mol. The predicted molar refractivity (Wildman–Crippen MR) is 71.1 cm³/mol. The molecule has 1 heterocycles. The van der Waals surface area contributed by atoms with Crippen molar-refractivity contribution in [1.29, 1.82) is 0 Å². The summed E-state index contributed by atoms with van der Waals surface area (Å²) in [6.45, 7) is 0.984. The first-order valence-electron chi connectivity index (χ1n) is 6.54. The van der Waals surface area contributed by atoms with Crippen LogP contribution in [0.3, 0.4) is 0 Å². The molecule has 3 rings (SSSR count). The Morgan fingerprint density at radius 1 is 0.850 bits per heavy atom. The van der Waals surface area contributed by atoms with Crippen molar-refractivity contribution in [3.63, 3.8) is 0 Å². The third-order valence-electron chi connectivity index (χ3n) is 3.28. The average Bonchev–Trinajstić information content (AvgIpc) is 2.52. The fraction of sp³-hybridized carbons (Fsp3) is 0.250. The maximum atomic E-state index is 14.2. The van der Waals surface area contributed by atoms with Crippen LogP contribution in [0.4, 0.5) is 8.78 Å². The molecule has 0 unspecified atom stereocenters. The van der Waals surface area contributed by atoms with Crippen LogP contribution in [-0.2, 0) is 9.47 Å². The summed E-state index contributed by atoms with van der Waals surface area (Å²) in [4.78, 5) is 0. The first-order chi connectivity index (χ1) is 9.77. The van der Waals surface area contributed by atoms with Crippen molar-refractivity contribution >= 4 is 0 Å². The SMILES string of the molecule is Fc1c(-c2ccccc2)ccc(C2OCCCO2)c1F. The Balaban J connectivity index is 1.98. The Bertz CT molecular complexity index is 593. The van der Waals surface area contributed by atoms with Crippen LogP contribution >= 0.6 is 0 Å². The predicted octanol–water partition coefficient (Wildman–Crippen LogP) is 4.07. The van der Waals surface area contributed by atoms with Crippen LogP contribution in [0.25, 0.3) is 11.1 Å². The van der Waals surface area contributed by atoms with Gasteiger partial charge in [0.05, 0.1) is 13.2 Å². The number of hydrogen-bond acceptors (Lipinski definition) is 2. The molecule has 2 nitrogen and oxygen atoms in total. The molecule has 1 aliphatic heterocycles. The zero-order valence-corrected chi connectivity index (χ0v) is 10.8. The fourth-order valence-electron chi connectivity index (χ4n) is 2.25. The minimum Gasteiger partial charge on any atom is -0.348 e. The van der Waals surface area contributed by atoms with Gasteiger partial charge in [-0.3, -0.25) is 0 Å². The Hall–Kier alpha value is -1.78. The smallest absolute Gasteiger partial charge is 0.186 e. The zero-order chi connectivity index (χ0) is 13.9. The van der Waals surface area contributed by atoms with Crippen LogP contribution in [0, 0.1) is 11.6 Å². The molecule has 104 valence electrons. The maximum Gasteiger partial charge on any atom is 0.186 e. The highest BCUT2D eigenvalue weighted by Crippen LogP contribution is 2.31. The molecule has 4 heteroatoms. The van der Waals surface area contributed by atoms with Crippen LogP contribution in [0.15, 0.2) is 42.5 Å². The largest absolute Gasteiger partial charge is 0.348 e. The topological polar surface area (TPSA) is 18.5 Å². The van der Waals surface area contributed by atoms with Gasteiger partial charge >= 0.3 is 0 Å². The molecule has 0 saturated carbocycles. The normalized spacial score (nSPS) is 16.3. The lowest BCUT2D eigenvalue weighted by atomic mass is 10.0. The Labute approximate surface area is 116 Å². The molecule has 1 saturated heterocycles. The van der Waals surface area contributed by atoms with Crippen molar-refractivity contribution in [3.8, 4) is 11.1 Å². The average molecular weight is 276 g/mol. The minimum absolute atomic E-state index is 0.113. The second-order valence-electron chi connectivity index (χ2n) is 4.62. The first-order valence-corrected chi connectivity index (χ1v) is 6.54. The van der Waals surface area contributed by atoms with Crippen LogP contribution in [0.5, 0.6) is 0 Å². The van der Waals surface area contributed by atoms with Crippen molar-refractivity contribution in [2.75, 3.05) is 13.2 Å². The lowest BCUT2D eigenvalue weighted by Crippen LogP contribution is -2.19. The van der Waals surface area contributed by atoms with Crippen molar-refractivity contribution in [2.45, 2.75) is 12.7 Å². The van der Waals surface area contributed by atoms with Gasteiger partial charge in [0.25, 0.3) is 0 Å². The van der Waals surface area contributed by atoms with Gasteiger partial charge < -0.3 is 9.47 Å². The van der Waals surface area contributed by atoms with Crippen LogP contribution in [-0.4, -0.2) is 13.2 Å². The van der Waals surface area contributed by atoms with E-state index in [-0.39, 0.29) is 11.1 Å². The quantitative estimate of drug-likeness (QED) is 0.823.